The third kappa shape index (κ3) is 6.86. The fourth-order valence-electron chi connectivity index (χ4n) is 4.42. The number of hydrogen-bond donors (Lipinski definition) is 1. The SMILES string of the molecule is CCOc1cc(F)ccc1-c1sc2c(N/N=C/c3cc(OC)c(OCCN(CC)CC)c(OC)c3)ncnc2c1C. The lowest BCUT2D eigenvalue weighted by atomic mass is 10.1. The Balaban J connectivity index is 1.58. The van der Waals surface area contributed by atoms with Crippen LogP contribution in [-0.4, -0.2) is 68.2 Å². The first-order valence-electron chi connectivity index (χ1n) is 13.5. The summed E-state index contributed by atoms with van der Waals surface area (Å²) in [5, 5.41) is 4.43. The molecule has 0 bridgehead atoms. The minimum absolute atomic E-state index is 0.347. The van der Waals surface area contributed by atoms with Gasteiger partial charge in [0.1, 0.15) is 24.5 Å². The van der Waals surface area contributed by atoms with Crippen LogP contribution in [0.2, 0.25) is 0 Å². The van der Waals surface area contributed by atoms with Crippen LogP contribution >= 0.6 is 11.3 Å². The van der Waals surface area contributed by atoms with Crippen LogP contribution in [0, 0.1) is 12.7 Å². The first-order valence-corrected chi connectivity index (χ1v) is 14.3. The standard InChI is InChI=1S/C30H36FN5O4S/c1-7-36(8-2)12-13-40-27-24(37-5)14-20(15-25(27)38-6)17-34-35-30-29-26(32-18-33-30)19(4)28(41-29)22-11-10-21(31)16-23(22)39-9-3/h10-11,14-18H,7-9,12-13H2,1-6H3,(H,32,33,35)/b34-17+. The topological polar surface area (TPSA) is 90.3 Å². The number of fused-ring (bicyclic) bond motifs is 1. The Hall–Kier alpha value is -3.96. The zero-order valence-corrected chi connectivity index (χ0v) is 25.1. The average Bonchev–Trinajstić information content (AvgIpc) is 3.32. The van der Waals surface area contributed by atoms with Gasteiger partial charge in [0.15, 0.2) is 17.3 Å². The Morgan fingerprint density at radius 1 is 1.00 bits per heavy atom. The zero-order valence-electron chi connectivity index (χ0n) is 24.3. The summed E-state index contributed by atoms with van der Waals surface area (Å²) >= 11 is 1.50. The van der Waals surface area contributed by atoms with Crippen molar-refractivity contribution in [3.63, 3.8) is 0 Å². The highest BCUT2D eigenvalue weighted by molar-refractivity contribution is 7.23. The molecule has 0 atom stereocenters. The van der Waals surface area contributed by atoms with E-state index in [4.69, 9.17) is 18.9 Å². The summed E-state index contributed by atoms with van der Waals surface area (Å²) in [6.45, 7) is 11.8. The first kappa shape index (κ1) is 30.0. The van der Waals surface area contributed by atoms with Gasteiger partial charge in [-0.15, -0.1) is 11.3 Å². The smallest absolute Gasteiger partial charge is 0.203 e. The third-order valence-corrected chi connectivity index (χ3v) is 7.93. The number of nitrogens with zero attached hydrogens (tertiary/aromatic N) is 4. The summed E-state index contributed by atoms with van der Waals surface area (Å²) in [7, 11) is 3.19. The first-order chi connectivity index (χ1) is 19.9. The number of anilines is 1. The lowest BCUT2D eigenvalue weighted by molar-refractivity contribution is 0.211. The highest BCUT2D eigenvalue weighted by atomic mass is 32.1. The summed E-state index contributed by atoms with van der Waals surface area (Å²) in [5.74, 6) is 2.36. The van der Waals surface area contributed by atoms with Gasteiger partial charge < -0.3 is 23.8 Å². The van der Waals surface area contributed by atoms with Gasteiger partial charge in [-0.25, -0.2) is 14.4 Å². The normalized spacial score (nSPS) is 11.4. The van der Waals surface area contributed by atoms with Gasteiger partial charge in [0, 0.05) is 28.6 Å². The van der Waals surface area contributed by atoms with Gasteiger partial charge in [-0.3, -0.25) is 5.43 Å². The van der Waals surface area contributed by atoms with Crippen LogP contribution < -0.4 is 24.4 Å². The number of halogens is 1. The number of benzene rings is 2. The Labute approximate surface area is 243 Å². The van der Waals surface area contributed by atoms with Crippen LogP contribution in [0.1, 0.15) is 31.9 Å². The maximum absolute atomic E-state index is 13.9. The van der Waals surface area contributed by atoms with Crippen LogP contribution in [0.15, 0.2) is 41.8 Å². The number of aromatic nitrogens is 2. The van der Waals surface area contributed by atoms with Crippen LogP contribution in [0.4, 0.5) is 10.2 Å². The zero-order chi connectivity index (χ0) is 29.4. The molecule has 0 saturated heterocycles. The van der Waals surface area contributed by atoms with Crippen LogP contribution in [0.25, 0.3) is 20.7 Å². The Kier molecular flexibility index (Phi) is 10.3. The van der Waals surface area contributed by atoms with Crippen molar-refractivity contribution in [2.75, 3.05) is 52.5 Å². The number of hydrogen-bond acceptors (Lipinski definition) is 10. The fraction of sp³-hybridized carbons (Fsp3) is 0.367. The number of likely N-dealkylation sites (N-methyl/N-ethyl adjacent to an activating group) is 1. The van der Waals surface area contributed by atoms with Crippen molar-refractivity contribution < 1.29 is 23.3 Å². The number of methoxy groups -OCH3 is 2. The molecule has 4 aromatic rings. The quantitative estimate of drug-likeness (QED) is 0.135. The van der Waals surface area contributed by atoms with Gasteiger partial charge in [0.05, 0.1) is 37.3 Å². The molecule has 0 unspecified atom stereocenters. The van der Waals surface area contributed by atoms with Gasteiger partial charge >= 0.3 is 0 Å². The second kappa shape index (κ2) is 14.1. The van der Waals surface area contributed by atoms with E-state index in [-0.39, 0.29) is 5.82 Å². The molecule has 2 aromatic carbocycles. The molecule has 2 aromatic heterocycles. The molecule has 0 saturated carbocycles. The van der Waals surface area contributed by atoms with Gasteiger partial charge in [-0.1, -0.05) is 13.8 Å². The molecule has 0 fully saturated rings. The molecular formula is C30H36FN5O4S. The lowest BCUT2D eigenvalue weighted by Crippen LogP contribution is -2.28. The van der Waals surface area contributed by atoms with Crippen molar-refractivity contribution in [3.8, 4) is 33.4 Å². The maximum atomic E-state index is 13.9. The summed E-state index contributed by atoms with van der Waals surface area (Å²) in [6, 6.07) is 8.25. The number of rotatable bonds is 14. The predicted molar refractivity (Wildman–Crippen MR) is 163 cm³/mol. The molecule has 0 amide bonds. The van der Waals surface area contributed by atoms with Gasteiger partial charge in [-0.05, 0) is 56.8 Å². The van der Waals surface area contributed by atoms with Crippen molar-refractivity contribution in [1.82, 2.24) is 14.9 Å². The molecule has 41 heavy (non-hydrogen) atoms. The van der Waals surface area contributed by atoms with E-state index in [1.54, 1.807) is 26.5 Å². The Bertz CT molecular complexity index is 1480. The predicted octanol–water partition coefficient (Wildman–Crippen LogP) is 6.39. The van der Waals surface area contributed by atoms with E-state index in [1.165, 1.54) is 29.8 Å². The molecule has 2 heterocycles. The van der Waals surface area contributed by atoms with E-state index in [0.29, 0.717) is 42.0 Å². The molecule has 1 N–H and O–H groups in total. The molecule has 0 aliphatic heterocycles. The molecule has 11 heteroatoms. The maximum Gasteiger partial charge on any atom is 0.203 e. The molecule has 9 nitrogen and oxygen atoms in total. The highest BCUT2D eigenvalue weighted by Crippen LogP contribution is 2.43. The van der Waals surface area contributed by atoms with E-state index in [9.17, 15) is 4.39 Å². The number of aryl methyl sites for hydroxylation is 1. The monoisotopic (exact) mass is 581 g/mol. The molecule has 0 radical (unpaired) electrons. The largest absolute Gasteiger partial charge is 0.493 e. The lowest BCUT2D eigenvalue weighted by Gasteiger charge is -2.20. The van der Waals surface area contributed by atoms with Crippen molar-refractivity contribution in [2.45, 2.75) is 27.7 Å². The van der Waals surface area contributed by atoms with Crippen molar-refractivity contribution in [2.24, 2.45) is 5.10 Å². The number of nitrogens with one attached hydrogen (secondary N) is 1. The third-order valence-electron chi connectivity index (χ3n) is 6.61. The second-order valence-corrected chi connectivity index (χ2v) is 10.1. The van der Waals surface area contributed by atoms with Crippen LogP contribution in [-0.2, 0) is 0 Å². The van der Waals surface area contributed by atoms with Gasteiger partial charge in [-0.2, -0.15) is 5.10 Å². The van der Waals surface area contributed by atoms with Crippen LogP contribution in [0.5, 0.6) is 23.0 Å². The Morgan fingerprint density at radius 2 is 1.73 bits per heavy atom. The molecule has 4 rings (SSSR count). The molecule has 0 aliphatic carbocycles. The summed E-state index contributed by atoms with van der Waals surface area (Å²) in [5.41, 5.74) is 6.35. The second-order valence-electron chi connectivity index (χ2n) is 9.03. The number of thiophene rings is 1. The van der Waals surface area contributed by atoms with E-state index >= 15 is 0 Å². The number of ether oxygens (including phenoxy) is 4. The van der Waals surface area contributed by atoms with Gasteiger partial charge in [0.2, 0.25) is 5.75 Å². The minimum atomic E-state index is -0.347. The van der Waals surface area contributed by atoms with Crippen molar-refractivity contribution in [1.29, 1.82) is 0 Å². The molecule has 0 aliphatic rings. The van der Waals surface area contributed by atoms with E-state index in [0.717, 1.165) is 51.4 Å². The van der Waals surface area contributed by atoms with E-state index in [2.05, 4.69) is 39.2 Å². The van der Waals surface area contributed by atoms with Gasteiger partial charge in [0.25, 0.3) is 0 Å². The summed E-state index contributed by atoms with van der Waals surface area (Å²) < 4.78 is 37.7. The molecule has 218 valence electrons. The Morgan fingerprint density at radius 3 is 2.39 bits per heavy atom. The number of hydrazone groups is 1. The van der Waals surface area contributed by atoms with Crippen molar-refractivity contribution in [3.05, 3.63) is 53.6 Å². The summed E-state index contributed by atoms with van der Waals surface area (Å²) in [6.07, 6.45) is 3.15. The fourth-order valence-corrected chi connectivity index (χ4v) is 5.65. The van der Waals surface area contributed by atoms with Crippen LogP contribution in [0.3, 0.4) is 0 Å². The minimum Gasteiger partial charge on any atom is -0.493 e. The molecule has 0 spiro atoms. The highest BCUT2D eigenvalue weighted by Gasteiger charge is 2.19. The van der Waals surface area contributed by atoms with E-state index < -0.39 is 0 Å². The summed E-state index contributed by atoms with van der Waals surface area (Å²) in [4.78, 5) is 12.1. The average molecular weight is 582 g/mol. The molecular weight excluding hydrogens is 545 g/mol. The van der Waals surface area contributed by atoms with Crippen molar-refractivity contribution >= 4 is 33.6 Å². The van der Waals surface area contributed by atoms with E-state index in [1.807, 2.05) is 26.0 Å².